The summed E-state index contributed by atoms with van der Waals surface area (Å²) in [7, 11) is 0. The van der Waals surface area contributed by atoms with Crippen LogP contribution >= 0.6 is 11.6 Å². The molecule has 0 aromatic heterocycles. The van der Waals surface area contributed by atoms with Crippen molar-refractivity contribution in [3.63, 3.8) is 0 Å². The number of nitrogens with zero attached hydrogens (tertiary/aromatic N) is 2. The largest absolute Gasteiger partial charge is 0.417 e. The summed E-state index contributed by atoms with van der Waals surface area (Å²) >= 11 is 5.62. The average molecular weight is 451 g/mol. The lowest BCUT2D eigenvalue weighted by molar-refractivity contribution is -0.137. The molecule has 0 unspecified atom stereocenters. The molecule has 3 rings (SSSR count). The molecule has 0 aliphatic carbocycles. The molecule has 1 fully saturated rings. The molecule has 31 heavy (non-hydrogen) atoms. The molecule has 4 N–H and O–H groups in total. The molecule has 1 aliphatic heterocycles. The van der Waals surface area contributed by atoms with Crippen LogP contribution in [0.4, 0.5) is 30.2 Å². The summed E-state index contributed by atoms with van der Waals surface area (Å²) in [5, 5.41) is -0.431. The quantitative estimate of drug-likeness (QED) is 0.278. The van der Waals surface area contributed by atoms with Crippen molar-refractivity contribution in [2.45, 2.75) is 25.4 Å². The van der Waals surface area contributed by atoms with Gasteiger partial charge >= 0.3 is 6.18 Å². The van der Waals surface area contributed by atoms with Crippen LogP contribution in [0.3, 0.4) is 0 Å². The second-order valence-electron chi connectivity index (χ2n) is 7.19. The van der Waals surface area contributed by atoms with Crippen LogP contribution in [0.15, 0.2) is 53.2 Å². The Kier molecular flexibility index (Phi) is 6.90. The van der Waals surface area contributed by atoms with E-state index in [1.54, 1.807) is 12.1 Å². The van der Waals surface area contributed by atoms with Gasteiger partial charge in [-0.1, -0.05) is 11.6 Å². The minimum absolute atomic E-state index is 0.00556. The lowest BCUT2D eigenvalue weighted by Gasteiger charge is -2.29. The van der Waals surface area contributed by atoms with Crippen LogP contribution in [0.25, 0.3) is 0 Å². The molecule has 0 saturated carbocycles. The molecule has 0 radical (unpaired) electrons. The summed E-state index contributed by atoms with van der Waals surface area (Å²) in [4.78, 5) is 19.2. The van der Waals surface area contributed by atoms with E-state index >= 15 is 0 Å². The Morgan fingerprint density at radius 3 is 2.45 bits per heavy atom. The molecular formula is C22H22ClF3N4O. The highest BCUT2D eigenvalue weighted by Gasteiger charge is 2.33. The fourth-order valence-corrected chi connectivity index (χ4v) is 3.60. The van der Waals surface area contributed by atoms with Gasteiger partial charge < -0.3 is 16.4 Å². The molecule has 2 aromatic rings. The molecule has 0 bridgehead atoms. The standard InChI is InChI=1S/C22H22ClF3N4O/c23-19-6-4-15(10-18(19)22(24,25)26)29-13-14(12-27)21(31)17-11-16(5-7-20(17)28)30-8-2-1-3-9-30/h4-7,10-13H,1-3,8-9,27-28H2. The van der Waals surface area contributed by atoms with Crippen molar-refractivity contribution in [3.8, 4) is 0 Å². The van der Waals surface area contributed by atoms with Crippen molar-refractivity contribution >= 4 is 40.7 Å². The summed E-state index contributed by atoms with van der Waals surface area (Å²) in [6.45, 7) is 1.80. The van der Waals surface area contributed by atoms with E-state index in [0.29, 0.717) is 0 Å². The van der Waals surface area contributed by atoms with Crippen molar-refractivity contribution in [3.05, 3.63) is 64.3 Å². The van der Waals surface area contributed by atoms with E-state index in [4.69, 9.17) is 23.1 Å². The fraction of sp³-hybridized carbons (Fsp3) is 0.273. The van der Waals surface area contributed by atoms with Crippen LogP contribution in [-0.4, -0.2) is 25.1 Å². The molecule has 0 spiro atoms. The van der Waals surface area contributed by atoms with Crippen molar-refractivity contribution < 1.29 is 18.0 Å². The molecule has 0 amide bonds. The molecule has 9 heteroatoms. The number of ketones is 1. The Bertz CT molecular complexity index is 1030. The first-order valence-corrected chi connectivity index (χ1v) is 10.1. The number of rotatable bonds is 5. The second-order valence-corrected chi connectivity index (χ2v) is 7.60. The first-order chi connectivity index (χ1) is 14.7. The monoisotopic (exact) mass is 450 g/mol. The Morgan fingerprint density at radius 2 is 1.81 bits per heavy atom. The van der Waals surface area contributed by atoms with Gasteiger partial charge in [-0.15, -0.1) is 0 Å². The number of allylic oxidation sites excluding steroid dienone is 1. The first kappa shape index (κ1) is 22.7. The van der Waals surface area contributed by atoms with E-state index in [0.717, 1.165) is 56.2 Å². The number of carbonyl (C=O) groups is 1. The first-order valence-electron chi connectivity index (χ1n) is 9.72. The normalized spacial score (nSPS) is 15.5. The van der Waals surface area contributed by atoms with Crippen molar-refractivity contribution in [2.24, 2.45) is 10.7 Å². The summed E-state index contributed by atoms with van der Waals surface area (Å²) in [6, 6.07) is 8.47. The van der Waals surface area contributed by atoms with Gasteiger partial charge in [-0.25, -0.2) is 0 Å². The maximum Gasteiger partial charge on any atom is 0.417 e. The topological polar surface area (TPSA) is 84.7 Å². The van der Waals surface area contributed by atoms with E-state index in [1.165, 1.54) is 12.5 Å². The van der Waals surface area contributed by atoms with Crippen molar-refractivity contribution in [1.29, 1.82) is 0 Å². The number of nitrogens with two attached hydrogens (primary N) is 2. The van der Waals surface area contributed by atoms with E-state index in [1.807, 2.05) is 6.07 Å². The Labute approximate surface area is 183 Å². The van der Waals surface area contributed by atoms with Crippen molar-refractivity contribution in [1.82, 2.24) is 0 Å². The minimum atomic E-state index is -4.62. The number of piperidine rings is 1. The van der Waals surface area contributed by atoms with Gasteiger partial charge in [-0.3, -0.25) is 9.79 Å². The van der Waals surface area contributed by atoms with Crippen LogP contribution < -0.4 is 16.4 Å². The second kappa shape index (κ2) is 9.43. The predicted octanol–water partition coefficient (Wildman–Crippen LogP) is 5.36. The van der Waals surface area contributed by atoms with Gasteiger partial charge in [0.25, 0.3) is 0 Å². The van der Waals surface area contributed by atoms with Gasteiger partial charge in [0, 0.05) is 42.4 Å². The number of hydrogen-bond acceptors (Lipinski definition) is 5. The Balaban J connectivity index is 1.86. The SMILES string of the molecule is NC=C(C=Nc1ccc(Cl)c(C(F)(F)F)c1)C(=O)c1cc(N2CCCCC2)ccc1N. The van der Waals surface area contributed by atoms with E-state index in [-0.39, 0.29) is 22.5 Å². The average Bonchev–Trinajstić information content (AvgIpc) is 2.75. The van der Waals surface area contributed by atoms with Gasteiger partial charge in [-0.2, -0.15) is 13.2 Å². The van der Waals surface area contributed by atoms with Crippen LogP contribution in [0, 0.1) is 0 Å². The molecular weight excluding hydrogens is 429 g/mol. The molecule has 1 saturated heterocycles. The maximum absolute atomic E-state index is 13.0. The van der Waals surface area contributed by atoms with E-state index in [9.17, 15) is 18.0 Å². The summed E-state index contributed by atoms with van der Waals surface area (Å²) < 4.78 is 39.1. The zero-order valence-electron chi connectivity index (χ0n) is 16.6. The third-order valence-corrected chi connectivity index (χ3v) is 5.38. The fourth-order valence-electron chi connectivity index (χ4n) is 3.38. The highest BCUT2D eigenvalue weighted by atomic mass is 35.5. The number of hydrogen-bond donors (Lipinski definition) is 2. The van der Waals surface area contributed by atoms with Crippen LogP contribution in [0.2, 0.25) is 5.02 Å². The van der Waals surface area contributed by atoms with Crippen LogP contribution in [0.5, 0.6) is 0 Å². The Morgan fingerprint density at radius 1 is 1.10 bits per heavy atom. The predicted molar refractivity (Wildman–Crippen MR) is 118 cm³/mol. The Hall–Kier alpha value is -3.00. The van der Waals surface area contributed by atoms with Gasteiger partial charge in [0.2, 0.25) is 0 Å². The number of halogens is 4. The van der Waals surface area contributed by atoms with Crippen molar-refractivity contribution in [2.75, 3.05) is 23.7 Å². The minimum Gasteiger partial charge on any atom is -0.404 e. The molecule has 164 valence electrons. The lowest BCUT2D eigenvalue weighted by atomic mass is 10.0. The molecule has 2 aromatic carbocycles. The number of benzene rings is 2. The highest BCUT2D eigenvalue weighted by molar-refractivity contribution is 6.31. The number of anilines is 2. The number of aliphatic imine (C=N–C) groups is 1. The van der Waals surface area contributed by atoms with Gasteiger partial charge in [0.15, 0.2) is 5.78 Å². The molecule has 1 heterocycles. The number of alkyl halides is 3. The smallest absolute Gasteiger partial charge is 0.404 e. The summed E-state index contributed by atoms with van der Waals surface area (Å²) in [5.74, 6) is -0.465. The maximum atomic E-state index is 13.0. The lowest BCUT2D eigenvalue weighted by Crippen LogP contribution is -2.29. The number of Topliss-reactive ketones (excluding diaryl/α,β-unsaturated/α-hetero) is 1. The van der Waals surface area contributed by atoms with E-state index < -0.39 is 22.5 Å². The van der Waals surface area contributed by atoms with Gasteiger partial charge in [0.1, 0.15) is 0 Å². The van der Waals surface area contributed by atoms with Gasteiger partial charge in [0.05, 0.1) is 21.8 Å². The third-order valence-electron chi connectivity index (χ3n) is 5.05. The molecule has 0 atom stereocenters. The van der Waals surface area contributed by atoms with E-state index in [2.05, 4.69) is 9.89 Å². The van der Waals surface area contributed by atoms with Crippen LogP contribution in [0.1, 0.15) is 35.2 Å². The summed E-state index contributed by atoms with van der Waals surface area (Å²) in [6.07, 6.45) is 0.894. The molecule has 5 nitrogen and oxygen atoms in total. The number of carbonyl (C=O) groups excluding carboxylic acids is 1. The zero-order valence-corrected chi connectivity index (χ0v) is 17.4. The number of nitrogen functional groups attached to an aromatic ring is 1. The summed E-state index contributed by atoms with van der Waals surface area (Å²) in [5.41, 5.74) is 12.0. The highest BCUT2D eigenvalue weighted by Crippen LogP contribution is 2.36. The van der Waals surface area contributed by atoms with Gasteiger partial charge in [-0.05, 0) is 55.7 Å². The molecule has 1 aliphatic rings. The third kappa shape index (κ3) is 5.38. The van der Waals surface area contributed by atoms with Crippen LogP contribution in [-0.2, 0) is 6.18 Å². The zero-order chi connectivity index (χ0) is 22.6.